The third kappa shape index (κ3) is 5.16. The lowest BCUT2D eigenvalue weighted by molar-refractivity contribution is -0.349. The minimum absolute atomic E-state index is 0.170. The van der Waals surface area contributed by atoms with Crippen LogP contribution in [0.1, 0.15) is 22.2 Å². The zero-order valence-electron chi connectivity index (χ0n) is 19.1. The molecule has 182 valence electrons. The van der Waals surface area contributed by atoms with E-state index in [1.165, 1.54) is 0 Å². The van der Waals surface area contributed by atoms with Gasteiger partial charge in [0, 0.05) is 5.56 Å². The Labute approximate surface area is 202 Å². The summed E-state index contributed by atoms with van der Waals surface area (Å²) in [6.45, 7) is 0.170. The molecule has 0 aliphatic carbocycles. The van der Waals surface area contributed by atoms with Crippen molar-refractivity contribution >= 4 is 5.97 Å². The van der Waals surface area contributed by atoms with E-state index in [4.69, 9.17) is 28.4 Å². The van der Waals surface area contributed by atoms with Gasteiger partial charge in [0.1, 0.15) is 29.8 Å². The number of aliphatic hydroxyl groups excluding tert-OH is 1. The summed E-state index contributed by atoms with van der Waals surface area (Å²) < 4.78 is 35.0. The molecular weight excluding hydrogens is 452 g/mol. The molecule has 3 aromatic rings. The molecule has 3 aromatic carbocycles. The molecule has 1 unspecified atom stereocenters. The molecule has 0 radical (unpaired) electrons. The Hall–Kier alpha value is -3.43. The normalized spacial score (nSPS) is 27.9. The predicted molar refractivity (Wildman–Crippen MR) is 124 cm³/mol. The first-order valence-electron chi connectivity index (χ1n) is 11.3. The summed E-state index contributed by atoms with van der Waals surface area (Å²) in [4.78, 5) is 12.9. The fourth-order valence-electron chi connectivity index (χ4n) is 4.12. The molecule has 2 fully saturated rings. The first kappa shape index (κ1) is 23.3. The van der Waals surface area contributed by atoms with Gasteiger partial charge in [-0.2, -0.15) is 0 Å². The Bertz CT molecular complexity index is 1110. The standard InChI is InChI=1S/C27H26O8/c1-30-19-12-14-20(15-13-19)32-27-24(34-25(29)17-8-4-2-5-9-17)22(28)23-21(33-27)16-31-26(35-23)18-10-6-3-7-11-18/h2-15,21-24,26-28H,16H2,1H3/t21-,22+,23-,24-,26?,27-/m1/s1. The zero-order valence-corrected chi connectivity index (χ0v) is 19.1. The second kappa shape index (κ2) is 10.5. The molecule has 35 heavy (non-hydrogen) atoms. The number of hydrogen-bond acceptors (Lipinski definition) is 8. The highest BCUT2D eigenvalue weighted by molar-refractivity contribution is 5.89. The van der Waals surface area contributed by atoms with Gasteiger partial charge < -0.3 is 33.5 Å². The molecule has 2 aliphatic heterocycles. The van der Waals surface area contributed by atoms with Crippen molar-refractivity contribution in [2.75, 3.05) is 13.7 Å². The maximum Gasteiger partial charge on any atom is 0.338 e. The lowest BCUT2D eigenvalue weighted by atomic mass is 9.97. The number of hydrogen-bond donors (Lipinski definition) is 1. The maximum absolute atomic E-state index is 12.9. The van der Waals surface area contributed by atoms with Crippen LogP contribution in [-0.4, -0.2) is 55.5 Å². The first-order chi connectivity index (χ1) is 17.1. The molecule has 2 aliphatic rings. The molecule has 2 heterocycles. The molecule has 0 amide bonds. The Balaban J connectivity index is 1.38. The lowest BCUT2D eigenvalue weighted by Crippen LogP contribution is -2.64. The van der Waals surface area contributed by atoms with Crippen molar-refractivity contribution in [2.45, 2.75) is 37.0 Å². The maximum atomic E-state index is 12.9. The van der Waals surface area contributed by atoms with E-state index in [1.54, 1.807) is 61.7 Å². The Morgan fingerprint density at radius 1 is 0.886 bits per heavy atom. The second-order valence-electron chi connectivity index (χ2n) is 8.24. The molecular formula is C27H26O8. The smallest absolute Gasteiger partial charge is 0.338 e. The molecule has 2 saturated heterocycles. The van der Waals surface area contributed by atoms with Crippen molar-refractivity contribution in [1.29, 1.82) is 0 Å². The van der Waals surface area contributed by atoms with Crippen LogP contribution in [0, 0.1) is 0 Å². The van der Waals surface area contributed by atoms with Crippen LogP contribution in [0.25, 0.3) is 0 Å². The van der Waals surface area contributed by atoms with Gasteiger partial charge in [-0.05, 0) is 36.4 Å². The van der Waals surface area contributed by atoms with Crippen molar-refractivity contribution in [1.82, 2.24) is 0 Å². The van der Waals surface area contributed by atoms with Gasteiger partial charge in [0.05, 0.1) is 19.3 Å². The summed E-state index contributed by atoms with van der Waals surface area (Å²) in [7, 11) is 1.57. The van der Waals surface area contributed by atoms with Gasteiger partial charge in [-0.3, -0.25) is 0 Å². The summed E-state index contributed by atoms with van der Waals surface area (Å²) in [5.41, 5.74) is 1.16. The van der Waals surface area contributed by atoms with E-state index in [0.29, 0.717) is 17.1 Å². The van der Waals surface area contributed by atoms with Gasteiger partial charge in [0.2, 0.25) is 6.29 Å². The second-order valence-corrected chi connectivity index (χ2v) is 8.24. The molecule has 8 nitrogen and oxygen atoms in total. The first-order valence-corrected chi connectivity index (χ1v) is 11.3. The minimum atomic E-state index is -1.22. The van der Waals surface area contributed by atoms with Crippen LogP contribution in [0.4, 0.5) is 0 Å². The number of benzene rings is 3. The summed E-state index contributed by atoms with van der Waals surface area (Å²) >= 11 is 0. The molecule has 0 saturated carbocycles. The van der Waals surface area contributed by atoms with Crippen molar-refractivity contribution < 1.29 is 38.3 Å². The van der Waals surface area contributed by atoms with Gasteiger partial charge in [0.15, 0.2) is 12.4 Å². The topological polar surface area (TPSA) is 92.7 Å². The van der Waals surface area contributed by atoms with Crippen LogP contribution in [0.15, 0.2) is 84.9 Å². The number of fused-ring (bicyclic) bond motifs is 1. The largest absolute Gasteiger partial charge is 0.497 e. The van der Waals surface area contributed by atoms with Crippen molar-refractivity contribution in [3.8, 4) is 11.5 Å². The van der Waals surface area contributed by atoms with Crippen molar-refractivity contribution in [2.24, 2.45) is 0 Å². The number of rotatable bonds is 6. The number of carbonyl (C=O) groups excluding carboxylic acids is 1. The summed E-state index contributed by atoms with van der Waals surface area (Å²) in [5, 5.41) is 11.3. The van der Waals surface area contributed by atoms with Gasteiger partial charge in [0.25, 0.3) is 0 Å². The fourth-order valence-corrected chi connectivity index (χ4v) is 4.12. The van der Waals surface area contributed by atoms with E-state index in [2.05, 4.69) is 0 Å². The van der Waals surface area contributed by atoms with Crippen molar-refractivity contribution in [3.05, 3.63) is 96.1 Å². The highest BCUT2D eigenvalue weighted by Gasteiger charge is 2.52. The number of methoxy groups -OCH3 is 1. The van der Waals surface area contributed by atoms with E-state index in [9.17, 15) is 9.90 Å². The number of aliphatic hydroxyl groups is 1. The molecule has 0 aromatic heterocycles. The number of ether oxygens (including phenoxy) is 6. The van der Waals surface area contributed by atoms with Crippen molar-refractivity contribution in [3.63, 3.8) is 0 Å². The average molecular weight is 478 g/mol. The highest BCUT2D eigenvalue weighted by Crippen LogP contribution is 2.36. The number of esters is 1. The lowest BCUT2D eigenvalue weighted by Gasteiger charge is -2.47. The third-order valence-electron chi connectivity index (χ3n) is 5.95. The molecule has 1 N–H and O–H groups in total. The van der Waals surface area contributed by atoms with E-state index in [0.717, 1.165) is 5.56 Å². The fraction of sp³-hybridized carbons (Fsp3) is 0.296. The van der Waals surface area contributed by atoms with Gasteiger partial charge in [-0.15, -0.1) is 0 Å². The van der Waals surface area contributed by atoms with E-state index < -0.39 is 43.0 Å². The minimum Gasteiger partial charge on any atom is -0.497 e. The Morgan fingerprint density at radius 3 is 2.23 bits per heavy atom. The summed E-state index contributed by atoms with van der Waals surface area (Å²) in [5.74, 6) is 0.517. The van der Waals surface area contributed by atoms with Gasteiger partial charge in [-0.1, -0.05) is 48.5 Å². The molecule has 8 heteroatoms. The molecule has 5 rings (SSSR count). The summed E-state index contributed by atoms with van der Waals surface area (Å²) in [6.07, 6.45) is -5.56. The molecule has 0 spiro atoms. The number of carbonyl (C=O) groups is 1. The molecule has 6 atom stereocenters. The third-order valence-corrected chi connectivity index (χ3v) is 5.95. The Morgan fingerprint density at radius 2 is 1.54 bits per heavy atom. The highest BCUT2D eigenvalue weighted by atomic mass is 16.8. The van der Waals surface area contributed by atoms with Gasteiger partial charge >= 0.3 is 5.97 Å². The average Bonchev–Trinajstić information content (AvgIpc) is 2.92. The van der Waals surface area contributed by atoms with E-state index in [1.807, 2.05) is 30.3 Å². The Kier molecular flexibility index (Phi) is 6.96. The SMILES string of the molecule is COc1ccc(O[C@@H]2O[C@@H]3COC(c4ccccc4)O[C@H]3[C@H](O)[C@H]2OC(=O)c2ccccc2)cc1. The van der Waals surface area contributed by atoms with Gasteiger partial charge in [-0.25, -0.2) is 4.79 Å². The molecule has 0 bridgehead atoms. The zero-order chi connectivity index (χ0) is 24.2. The van der Waals surface area contributed by atoms with Crippen LogP contribution >= 0.6 is 0 Å². The van der Waals surface area contributed by atoms with Crippen LogP contribution in [-0.2, 0) is 18.9 Å². The van der Waals surface area contributed by atoms with E-state index in [-0.39, 0.29) is 6.61 Å². The predicted octanol–water partition coefficient (Wildman–Crippen LogP) is 3.50. The van der Waals surface area contributed by atoms with Crippen LogP contribution in [0.2, 0.25) is 0 Å². The van der Waals surface area contributed by atoms with Crippen LogP contribution in [0.3, 0.4) is 0 Å². The quantitative estimate of drug-likeness (QED) is 0.539. The summed E-state index contributed by atoms with van der Waals surface area (Å²) in [6, 6.07) is 24.8. The van der Waals surface area contributed by atoms with Crippen LogP contribution in [0.5, 0.6) is 11.5 Å². The van der Waals surface area contributed by atoms with Crippen LogP contribution < -0.4 is 9.47 Å². The monoisotopic (exact) mass is 478 g/mol. The van der Waals surface area contributed by atoms with E-state index >= 15 is 0 Å².